The molecule has 2 aromatic heterocycles. The zero-order valence-corrected chi connectivity index (χ0v) is 13.3. The number of hydrogen-bond acceptors (Lipinski definition) is 4. The van der Waals surface area contributed by atoms with Crippen LogP contribution in [0.15, 0.2) is 36.5 Å². The van der Waals surface area contributed by atoms with Crippen molar-refractivity contribution in [1.29, 1.82) is 0 Å². The number of nitrogens with zero attached hydrogens (tertiary/aromatic N) is 3. The molecule has 0 bridgehead atoms. The van der Waals surface area contributed by atoms with Crippen LogP contribution in [0.5, 0.6) is 0 Å². The second-order valence-electron chi connectivity index (χ2n) is 4.78. The van der Waals surface area contributed by atoms with Crippen molar-refractivity contribution >= 4 is 17.4 Å². The molecule has 4 nitrogen and oxygen atoms in total. The van der Waals surface area contributed by atoms with Gasteiger partial charge in [0.25, 0.3) is 0 Å². The Bertz CT molecular complexity index is 559. The normalized spacial score (nSPS) is 10.9. The number of nitrogens with one attached hydrogen (secondary N) is 1. The maximum atomic E-state index is 6.27. The Balaban J connectivity index is 2.09. The van der Waals surface area contributed by atoms with E-state index >= 15 is 0 Å². The zero-order chi connectivity index (χ0) is 15.1. The lowest BCUT2D eigenvalue weighted by Gasteiger charge is -2.20. The highest BCUT2D eigenvalue weighted by Crippen LogP contribution is 2.19. The summed E-state index contributed by atoms with van der Waals surface area (Å²) in [5.74, 6) is 0.866. The predicted molar refractivity (Wildman–Crippen MR) is 87.4 cm³/mol. The fourth-order valence-electron chi connectivity index (χ4n) is 2.09. The largest absolute Gasteiger partial charge is 0.370 e. The fraction of sp³-hybridized carbons (Fsp3) is 0.375. The molecule has 0 aliphatic heterocycles. The van der Waals surface area contributed by atoms with Crippen molar-refractivity contribution in [3.05, 3.63) is 52.9 Å². The van der Waals surface area contributed by atoms with Crippen molar-refractivity contribution in [2.24, 2.45) is 0 Å². The van der Waals surface area contributed by atoms with E-state index in [1.54, 1.807) is 0 Å². The van der Waals surface area contributed by atoms with Gasteiger partial charge in [0, 0.05) is 25.8 Å². The zero-order valence-electron chi connectivity index (χ0n) is 12.5. The average molecular weight is 305 g/mol. The topological polar surface area (TPSA) is 41.0 Å². The smallest absolute Gasteiger partial charge is 0.126 e. The number of halogens is 1. The van der Waals surface area contributed by atoms with Gasteiger partial charge in [-0.2, -0.15) is 0 Å². The third kappa shape index (κ3) is 4.69. The van der Waals surface area contributed by atoms with E-state index in [9.17, 15) is 0 Å². The standard InChI is InChI=1S/C16H21ClN4/c1-3-18-16-9-8-14(17)15(20-16)12-21(4-2)11-13-7-5-6-10-19-13/h5-10H,3-4,11-12H2,1-2H3,(H,18,20). The first-order valence-corrected chi connectivity index (χ1v) is 7.62. The molecule has 0 aromatic carbocycles. The second kappa shape index (κ2) is 7.96. The van der Waals surface area contributed by atoms with Crippen molar-refractivity contribution in [3.63, 3.8) is 0 Å². The van der Waals surface area contributed by atoms with Crippen molar-refractivity contribution in [1.82, 2.24) is 14.9 Å². The summed E-state index contributed by atoms with van der Waals surface area (Å²) >= 11 is 6.27. The highest BCUT2D eigenvalue weighted by Gasteiger charge is 2.10. The maximum Gasteiger partial charge on any atom is 0.126 e. The average Bonchev–Trinajstić information content (AvgIpc) is 2.51. The first kappa shape index (κ1) is 15.7. The molecule has 2 rings (SSSR count). The van der Waals surface area contributed by atoms with E-state index in [1.165, 1.54) is 0 Å². The maximum absolute atomic E-state index is 6.27. The van der Waals surface area contributed by atoms with Crippen LogP contribution in [0.3, 0.4) is 0 Å². The molecule has 0 radical (unpaired) electrons. The Morgan fingerprint density at radius 1 is 1.14 bits per heavy atom. The molecule has 0 saturated heterocycles. The van der Waals surface area contributed by atoms with Crippen LogP contribution in [0.1, 0.15) is 25.2 Å². The first-order chi connectivity index (χ1) is 10.2. The minimum absolute atomic E-state index is 0.705. The van der Waals surface area contributed by atoms with Crippen molar-refractivity contribution < 1.29 is 0 Å². The summed E-state index contributed by atoms with van der Waals surface area (Å²) in [6, 6.07) is 9.78. The summed E-state index contributed by atoms with van der Waals surface area (Å²) in [5.41, 5.74) is 1.95. The van der Waals surface area contributed by atoms with Gasteiger partial charge in [0.1, 0.15) is 5.82 Å². The van der Waals surface area contributed by atoms with Crippen LogP contribution >= 0.6 is 11.6 Å². The molecule has 0 unspecified atom stereocenters. The number of anilines is 1. The van der Waals surface area contributed by atoms with Gasteiger partial charge >= 0.3 is 0 Å². The van der Waals surface area contributed by atoms with Gasteiger partial charge < -0.3 is 5.32 Å². The van der Waals surface area contributed by atoms with Crippen LogP contribution in [-0.2, 0) is 13.1 Å². The molecule has 112 valence electrons. The molecule has 0 atom stereocenters. The van der Waals surface area contributed by atoms with Crippen LogP contribution in [0, 0.1) is 0 Å². The van der Waals surface area contributed by atoms with Crippen LogP contribution in [0.2, 0.25) is 5.02 Å². The van der Waals surface area contributed by atoms with Gasteiger partial charge in [0.2, 0.25) is 0 Å². The molecule has 0 aliphatic carbocycles. The molecule has 0 fully saturated rings. The highest BCUT2D eigenvalue weighted by molar-refractivity contribution is 6.31. The highest BCUT2D eigenvalue weighted by atomic mass is 35.5. The van der Waals surface area contributed by atoms with Crippen molar-refractivity contribution in [2.75, 3.05) is 18.4 Å². The lowest BCUT2D eigenvalue weighted by molar-refractivity contribution is 0.265. The second-order valence-corrected chi connectivity index (χ2v) is 5.19. The van der Waals surface area contributed by atoms with Gasteiger partial charge in [-0.05, 0) is 37.7 Å². The van der Waals surface area contributed by atoms with E-state index in [1.807, 2.05) is 36.5 Å². The van der Waals surface area contributed by atoms with E-state index in [0.717, 1.165) is 36.8 Å². The summed E-state index contributed by atoms with van der Waals surface area (Å²) in [4.78, 5) is 11.2. The molecule has 2 aromatic rings. The van der Waals surface area contributed by atoms with E-state index in [-0.39, 0.29) is 0 Å². The summed E-state index contributed by atoms with van der Waals surface area (Å²) < 4.78 is 0. The van der Waals surface area contributed by atoms with Gasteiger partial charge in [-0.3, -0.25) is 9.88 Å². The number of rotatable bonds is 7. The lowest BCUT2D eigenvalue weighted by atomic mass is 10.3. The van der Waals surface area contributed by atoms with Crippen molar-refractivity contribution in [3.8, 4) is 0 Å². The number of aromatic nitrogens is 2. The molecular weight excluding hydrogens is 284 g/mol. The molecule has 5 heteroatoms. The van der Waals surface area contributed by atoms with Crippen LogP contribution in [0.4, 0.5) is 5.82 Å². The lowest BCUT2D eigenvalue weighted by Crippen LogP contribution is -2.23. The van der Waals surface area contributed by atoms with Crippen LogP contribution in [-0.4, -0.2) is 28.0 Å². The molecule has 1 N–H and O–H groups in total. The summed E-state index contributed by atoms with van der Waals surface area (Å²) in [6.07, 6.45) is 1.82. The summed E-state index contributed by atoms with van der Waals surface area (Å²) in [6.45, 7) is 7.45. The van der Waals surface area contributed by atoms with Gasteiger partial charge in [0.05, 0.1) is 16.4 Å². The number of pyridine rings is 2. The third-order valence-electron chi connectivity index (χ3n) is 3.21. The van der Waals surface area contributed by atoms with Gasteiger partial charge in [-0.15, -0.1) is 0 Å². The molecule has 0 saturated carbocycles. The van der Waals surface area contributed by atoms with E-state index in [4.69, 9.17) is 11.6 Å². The Kier molecular flexibility index (Phi) is 5.96. The molecule has 0 aliphatic rings. The van der Waals surface area contributed by atoms with Gasteiger partial charge in [-0.25, -0.2) is 4.98 Å². The Hall–Kier alpha value is -1.65. The van der Waals surface area contributed by atoms with Crippen molar-refractivity contribution in [2.45, 2.75) is 26.9 Å². The Morgan fingerprint density at radius 3 is 2.67 bits per heavy atom. The van der Waals surface area contributed by atoms with E-state index < -0.39 is 0 Å². The predicted octanol–water partition coefficient (Wildman–Crippen LogP) is 3.58. The minimum atomic E-state index is 0.705. The molecule has 0 spiro atoms. The number of hydrogen-bond donors (Lipinski definition) is 1. The van der Waals surface area contributed by atoms with Gasteiger partial charge in [-0.1, -0.05) is 24.6 Å². The van der Waals surface area contributed by atoms with Crippen LogP contribution < -0.4 is 5.32 Å². The molecule has 2 heterocycles. The molecule has 21 heavy (non-hydrogen) atoms. The first-order valence-electron chi connectivity index (χ1n) is 7.24. The Labute approximate surface area is 131 Å². The fourth-order valence-corrected chi connectivity index (χ4v) is 2.25. The summed E-state index contributed by atoms with van der Waals surface area (Å²) in [7, 11) is 0. The van der Waals surface area contributed by atoms with E-state index in [0.29, 0.717) is 11.6 Å². The SMILES string of the molecule is CCNc1ccc(Cl)c(CN(CC)Cc2ccccn2)n1. The van der Waals surface area contributed by atoms with Crippen LogP contribution in [0.25, 0.3) is 0 Å². The molecule has 0 amide bonds. The monoisotopic (exact) mass is 304 g/mol. The van der Waals surface area contributed by atoms with E-state index in [2.05, 4.69) is 34.0 Å². The minimum Gasteiger partial charge on any atom is -0.370 e. The molecular formula is C16H21ClN4. The van der Waals surface area contributed by atoms with Gasteiger partial charge in [0.15, 0.2) is 0 Å². The Morgan fingerprint density at radius 2 is 2.00 bits per heavy atom. The quantitative estimate of drug-likeness (QED) is 0.849. The third-order valence-corrected chi connectivity index (χ3v) is 3.55. The summed E-state index contributed by atoms with van der Waals surface area (Å²) in [5, 5.41) is 3.92.